The fraction of sp³-hybridized carbons (Fsp3) is 0.0455. The van der Waals surface area contributed by atoms with E-state index in [0.717, 1.165) is 27.9 Å². The minimum absolute atomic E-state index is 0.506. The molecule has 5 nitrogen and oxygen atoms in total. The van der Waals surface area contributed by atoms with Crippen LogP contribution in [0.25, 0.3) is 27.5 Å². The van der Waals surface area contributed by atoms with Crippen LogP contribution in [0.2, 0.25) is 0 Å². The Kier molecular flexibility index (Phi) is 4.18. The highest BCUT2D eigenvalue weighted by Gasteiger charge is 2.15. The third-order valence-electron chi connectivity index (χ3n) is 4.49. The molecule has 28 heavy (non-hydrogen) atoms. The normalized spacial score (nSPS) is 11.2. The number of hydrogen-bond acceptors (Lipinski definition) is 5. The van der Waals surface area contributed by atoms with Crippen molar-refractivity contribution in [3.63, 3.8) is 0 Å². The van der Waals surface area contributed by atoms with E-state index in [-0.39, 0.29) is 0 Å². The molecule has 0 saturated heterocycles. The van der Waals surface area contributed by atoms with Gasteiger partial charge in [-0.25, -0.2) is 9.67 Å². The van der Waals surface area contributed by atoms with Crippen LogP contribution in [0.4, 0.5) is 0 Å². The lowest BCUT2D eigenvalue weighted by Gasteiger charge is -2.09. The summed E-state index contributed by atoms with van der Waals surface area (Å²) in [6.45, 7) is 0. The molecule has 0 aliphatic carbocycles. The maximum absolute atomic E-state index is 6.17. The molecule has 3 aromatic carbocycles. The van der Waals surface area contributed by atoms with E-state index >= 15 is 0 Å². The topological polar surface area (TPSA) is 52.8 Å². The van der Waals surface area contributed by atoms with Gasteiger partial charge in [0, 0.05) is 0 Å². The highest BCUT2D eigenvalue weighted by Crippen LogP contribution is 2.31. The lowest BCUT2D eigenvalue weighted by Crippen LogP contribution is -1.99. The molecule has 5 aromatic rings. The van der Waals surface area contributed by atoms with Crippen LogP contribution in [-0.2, 0) is 0 Å². The Bertz CT molecular complexity index is 1280. The summed E-state index contributed by atoms with van der Waals surface area (Å²) in [4.78, 5) is 9.23. The summed E-state index contributed by atoms with van der Waals surface area (Å²) in [6.07, 6.45) is 3.70. The molecule has 0 fully saturated rings. The highest BCUT2D eigenvalue weighted by atomic mass is 32.2. The number of aromatic nitrogens is 4. The van der Waals surface area contributed by atoms with Gasteiger partial charge < -0.3 is 4.74 Å². The van der Waals surface area contributed by atoms with Crippen molar-refractivity contribution in [2.24, 2.45) is 0 Å². The van der Waals surface area contributed by atoms with Gasteiger partial charge in [-0.15, -0.1) is 0 Å². The van der Waals surface area contributed by atoms with Gasteiger partial charge in [0.2, 0.25) is 5.88 Å². The first kappa shape index (κ1) is 16.8. The van der Waals surface area contributed by atoms with Gasteiger partial charge in [-0.05, 0) is 41.3 Å². The summed E-state index contributed by atoms with van der Waals surface area (Å²) in [5.74, 6) is 1.24. The molecule has 2 heterocycles. The Hall–Kier alpha value is -3.38. The van der Waals surface area contributed by atoms with E-state index in [1.807, 2.05) is 71.6 Å². The van der Waals surface area contributed by atoms with Crippen molar-refractivity contribution in [1.82, 2.24) is 19.7 Å². The number of para-hydroxylation sites is 1. The second-order valence-electron chi connectivity index (χ2n) is 6.26. The summed E-state index contributed by atoms with van der Waals surface area (Å²) in [6, 6.07) is 24.1. The van der Waals surface area contributed by atoms with Crippen LogP contribution in [0.15, 0.2) is 84.1 Å². The Morgan fingerprint density at radius 2 is 1.64 bits per heavy atom. The van der Waals surface area contributed by atoms with Gasteiger partial charge in [-0.3, -0.25) is 0 Å². The summed E-state index contributed by atoms with van der Waals surface area (Å²) in [5, 5.41) is 8.22. The number of ether oxygens (including phenoxy) is 1. The quantitative estimate of drug-likeness (QED) is 0.303. The standard InChI is InChI=1S/C22H16N4OS/c1-28-22-24-20-19(14-23-26(20)17-9-3-2-4-10-17)21(25-22)27-18-12-11-15-7-5-6-8-16(15)13-18/h2-14H,1H3. The number of nitrogens with zero attached hydrogens (tertiary/aromatic N) is 4. The molecular formula is C22H16N4OS. The van der Waals surface area contributed by atoms with Gasteiger partial charge in [-0.1, -0.05) is 60.3 Å². The monoisotopic (exact) mass is 384 g/mol. The van der Waals surface area contributed by atoms with Crippen LogP contribution < -0.4 is 4.74 Å². The van der Waals surface area contributed by atoms with Gasteiger partial charge in [0.05, 0.1) is 11.9 Å². The summed E-state index contributed by atoms with van der Waals surface area (Å²) < 4.78 is 7.98. The van der Waals surface area contributed by atoms with Crippen molar-refractivity contribution in [1.29, 1.82) is 0 Å². The third-order valence-corrected chi connectivity index (χ3v) is 5.04. The van der Waals surface area contributed by atoms with E-state index in [0.29, 0.717) is 11.0 Å². The molecule has 0 saturated carbocycles. The van der Waals surface area contributed by atoms with Crippen LogP contribution in [0.3, 0.4) is 0 Å². The summed E-state index contributed by atoms with van der Waals surface area (Å²) in [7, 11) is 0. The Labute approximate surface area is 166 Å². The van der Waals surface area contributed by atoms with E-state index in [9.17, 15) is 0 Å². The minimum atomic E-state index is 0.506. The molecule has 0 spiro atoms. The van der Waals surface area contributed by atoms with Gasteiger partial charge in [0.25, 0.3) is 0 Å². The van der Waals surface area contributed by atoms with Gasteiger partial charge >= 0.3 is 0 Å². The Balaban J connectivity index is 1.63. The molecular weight excluding hydrogens is 368 g/mol. The molecule has 136 valence electrons. The molecule has 5 rings (SSSR count). The molecule has 6 heteroatoms. The molecule has 0 N–H and O–H groups in total. The third kappa shape index (κ3) is 2.97. The van der Waals surface area contributed by atoms with Crippen LogP contribution in [-0.4, -0.2) is 26.0 Å². The van der Waals surface area contributed by atoms with Gasteiger partial charge in [0.1, 0.15) is 11.1 Å². The van der Waals surface area contributed by atoms with E-state index in [4.69, 9.17) is 4.74 Å². The summed E-state index contributed by atoms with van der Waals surface area (Å²) >= 11 is 1.47. The number of benzene rings is 3. The molecule has 0 amide bonds. The lowest BCUT2D eigenvalue weighted by atomic mass is 10.1. The summed E-state index contributed by atoms with van der Waals surface area (Å²) in [5.41, 5.74) is 1.67. The van der Waals surface area contributed by atoms with E-state index < -0.39 is 0 Å². The SMILES string of the molecule is CSc1nc(Oc2ccc3ccccc3c2)c2cnn(-c3ccccc3)c2n1. The first-order valence-corrected chi connectivity index (χ1v) is 10.1. The van der Waals surface area contributed by atoms with Crippen molar-refractivity contribution in [3.05, 3.63) is 79.0 Å². The maximum atomic E-state index is 6.17. The van der Waals surface area contributed by atoms with E-state index in [1.165, 1.54) is 17.1 Å². The Morgan fingerprint density at radius 1 is 0.857 bits per heavy atom. The second kappa shape index (κ2) is 6.98. The smallest absolute Gasteiger partial charge is 0.234 e. The number of rotatable bonds is 4. The van der Waals surface area contributed by atoms with Crippen LogP contribution in [0.1, 0.15) is 0 Å². The highest BCUT2D eigenvalue weighted by molar-refractivity contribution is 7.98. The fourth-order valence-electron chi connectivity index (χ4n) is 3.13. The van der Waals surface area contributed by atoms with Gasteiger partial charge in [0.15, 0.2) is 10.8 Å². The van der Waals surface area contributed by atoms with Crippen LogP contribution >= 0.6 is 11.8 Å². The largest absolute Gasteiger partial charge is 0.438 e. The molecule has 0 aliphatic heterocycles. The van der Waals surface area contributed by atoms with Crippen molar-refractivity contribution < 1.29 is 4.74 Å². The predicted octanol–water partition coefficient (Wildman–Crippen LogP) is 5.48. The zero-order valence-electron chi connectivity index (χ0n) is 15.1. The average Bonchev–Trinajstić information content (AvgIpc) is 3.18. The molecule has 0 unspecified atom stereocenters. The molecule has 0 aliphatic rings. The Morgan fingerprint density at radius 3 is 2.46 bits per heavy atom. The zero-order valence-corrected chi connectivity index (χ0v) is 15.9. The maximum Gasteiger partial charge on any atom is 0.234 e. The fourth-order valence-corrected chi connectivity index (χ4v) is 3.48. The second-order valence-corrected chi connectivity index (χ2v) is 7.03. The van der Waals surface area contributed by atoms with E-state index in [1.54, 1.807) is 6.20 Å². The van der Waals surface area contributed by atoms with Crippen molar-refractivity contribution >= 4 is 33.6 Å². The first-order valence-electron chi connectivity index (χ1n) is 8.84. The van der Waals surface area contributed by atoms with Crippen LogP contribution in [0.5, 0.6) is 11.6 Å². The molecule has 0 radical (unpaired) electrons. The van der Waals surface area contributed by atoms with Crippen LogP contribution in [0, 0.1) is 0 Å². The van der Waals surface area contributed by atoms with Crippen molar-refractivity contribution in [2.75, 3.05) is 6.26 Å². The lowest BCUT2D eigenvalue weighted by molar-refractivity contribution is 0.463. The van der Waals surface area contributed by atoms with Gasteiger partial charge in [-0.2, -0.15) is 10.1 Å². The number of fused-ring (bicyclic) bond motifs is 2. The number of thioether (sulfide) groups is 1. The molecule has 0 atom stereocenters. The minimum Gasteiger partial charge on any atom is -0.438 e. The predicted molar refractivity (Wildman–Crippen MR) is 112 cm³/mol. The van der Waals surface area contributed by atoms with Crippen molar-refractivity contribution in [2.45, 2.75) is 5.16 Å². The first-order chi connectivity index (χ1) is 13.8. The zero-order chi connectivity index (χ0) is 18.9. The number of hydrogen-bond donors (Lipinski definition) is 0. The van der Waals surface area contributed by atoms with E-state index in [2.05, 4.69) is 27.2 Å². The van der Waals surface area contributed by atoms with Crippen molar-refractivity contribution in [3.8, 4) is 17.3 Å². The average molecular weight is 384 g/mol. The molecule has 2 aromatic heterocycles. The molecule has 0 bridgehead atoms.